The zero-order valence-corrected chi connectivity index (χ0v) is 13.2. The third-order valence-electron chi connectivity index (χ3n) is 3.48. The topological polar surface area (TPSA) is 33.2 Å². The minimum atomic E-state index is -0.259. The molecule has 108 valence electrons. The van der Waals surface area contributed by atoms with Crippen molar-refractivity contribution in [1.29, 1.82) is 0 Å². The second-order valence-electron chi connectivity index (χ2n) is 4.77. The monoisotopic (exact) mass is 340 g/mol. The van der Waals surface area contributed by atoms with Gasteiger partial charge in [0, 0.05) is 18.4 Å². The smallest absolute Gasteiger partial charge is 0.278 e. The molecular weight excluding hydrogens is 331 g/mol. The number of amides is 1. The number of hydrogen-bond donors (Lipinski definition) is 0. The van der Waals surface area contributed by atoms with Crippen LogP contribution >= 0.6 is 34.8 Å². The van der Waals surface area contributed by atoms with E-state index in [4.69, 9.17) is 34.8 Å². The molecule has 0 unspecified atom stereocenters. The summed E-state index contributed by atoms with van der Waals surface area (Å²) in [5, 5.41) is 0.483. The molecule has 2 aromatic rings. The van der Waals surface area contributed by atoms with E-state index in [9.17, 15) is 4.79 Å². The maximum atomic E-state index is 12.7. The van der Waals surface area contributed by atoms with Gasteiger partial charge in [0.05, 0.1) is 15.1 Å². The molecule has 21 heavy (non-hydrogen) atoms. The van der Waals surface area contributed by atoms with Gasteiger partial charge in [-0.1, -0.05) is 53.0 Å². The maximum absolute atomic E-state index is 12.7. The van der Waals surface area contributed by atoms with Crippen LogP contribution in [0.4, 0.5) is 5.69 Å². The number of carbonyl (C=O) groups excluding carboxylic acids is 1. The van der Waals surface area contributed by atoms with E-state index in [-0.39, 0.29) is 26.7 Å². The maximum Gasteiger partial charge on any atom is 0.278 e. The van der Waals surface area contributed by atoms with E-state index in [2.05, 4.69) is 4.98 Å². The quantitative estimate of drug-likeness (QED) is 0.757. The Morgan fingerprint density at radius 2 is 1.90 bits per heavy atom. The molecule has 6 heteroatoms. The average Bonchev–Trinajstić information content (AvgIpc) is 2.51. The van der Waals surface area contributed by atoms with Crippen LogP contribution in [0.5, 0.6) is 0 Å². The van der Waals surface area contributed by atoms with E-state index in [1.54, 1.807) is 4.90 Å². The Morgan fingerprint density at radius 3 is 2.71 bits per heavy atom. The summed E-state index contributed by atoms with van der Waals surface area (Å²) in [4.78, 5) is 18.5. The van der Waals surface area contributed by atoms with Crippen LogP contribution in [0.3, 0.4) is 0 Å². The summed E-state index contributed by atoms with van der Waals surface area (Å²) < 4.78 is 0. The molecule has 0 aliphatic carbocycles. The lowest BCUT2D eigenvalue weighted by Gasteiger charge is -2.29. The SMILES string of the molecule is O=C(c1ncc(Cl)c(Cl)c1Cl)N1CCCc2ccccc21. The predicted octanol–water partition coefficient (Wildman–Crippen LogP) is 4.63. The number of aromatic nitrogens is 1. The Labute approximate surface area is 137 Å². The fourth-order valence-corrected chi connectivity index (χ4v) is 3.03. The summed E-state index contributed by atoms with van der Waals surface area (Å²) >= 11 is 18.0. The normalized spacial score (nSPS) is 14.0. The number of fused-ring (bicyclic) bond motifs is 1. The van der Waals surface area contributed by atoms with Gasteiger partial charge in [-0.15, -0.1) is 0 Å². The number of nitrogens with zero attached hydrogens (tertiary/aromatic N) is 2. The van der Waals surface area contributed by atoms with Crippen molar-refractivity contribution in [2.75, 3.05) is 11.4 Å². The van der Waals surface area contributed by atoms with Gasteiger partial charge in [0.25, 0.3) is 5.91 Å². The summed E-state index contributed by atoms with van der Waals surface area (Å²) in [6, 6.07) is 7.84. The van der Waals surface area contributed by atoms with Crippen LogP contribution in [0.1, 0.15) is 22.5 Å². The molecule has 3 rings (SSSR count). The molecule has 0 spiro atoms. The van der Waals surface area contributed by atoms with Gasteiger partial charge < -0.3 is 4.90 Å². The molecular formula is C15H11Cl3N2O. The number of carbonyl (C=O) groups is 1. The van der Waals surface area contributed by atoms with Gasteiger partial charge in [-0.25, -0.2) is 4.98 Å². The molecule has 1 aliphatic rings. The van der Waals surface area contributed by atoms with Crippen LogP contribution in [0, 0.1) is 0 Å². The number of pyridine rings is 1. The highest BCUT2D eigenvalue weighted by molar-refractivity contribution is 6.49. The Balaban J connectivity index is 2.03. The van der Waals surface area contributed by atoms with E-state index in [1.807, 2.05) is 24.3 Å². The van der Waals surface area contributed by atoms with E-state index >= 15 is 0 Å². The largest absolute Gasteiger partial charge is 0.307 e. The van der Waals surface area contributed by atoms with Crippen LogP contribution in [0.15, 0.2) is 30.5 Å². The van der Waals surface area contributed by atoms with Crippen molar-refractivity contribution >= 4 is 46.4 Å². The van der Waals surface area contributed by atoms with Crippen molar-refractivity contribution in [2.45, 2.75) is 12.8 Å². The van der Waals surface area contributed by atoms with Crippen molar-refractivity contribution < 1.29 is 4.79 Å². The second-order valence-corrected chi connectivity index (χ2v) is 5.93. The molecule has 0 saturated heterocycles. The summed E-state index contributed by atoms with van der Waals surface area (Å²) in [5.41, 5.74) is 2.17. The lowest BCUT2D eigenvalue weighted by Crippen LogP contribution is -2.36. The fraction of sp³-hybridized carbons (Fsp3) is 0.200. The Bertz CT molecular complexity index is 718. The first-order chi connectivity index (χ1) is 10.1. The number of anilines is 1. The zero-order valence-electron chi connectivity index (χ0n) is 10.9. The lowest BCUT2D eigenvalue weighted by atomic mass is 10.0. The highest BCUT2D eigenvalue weighted by Crippen LogP contribution is 2.34. The van der Waals surface area contributed by atoms with Crippen LogP contribution in [0.2, 0.25) is 15.1 Å². The van der Waals surface area contributed by atoms with Crippen LogP contribution in [-0.2, 0) is 6.42 Å². The van der Waals surface area contributed by atoms with E-state index in [1.165, 1.54) is 6.20 Å². The molecule has 0 N–H and O–H groups in total. The van der Waals surface area contributed by atoms with Crippen LogP contribution in [0.25, 0.3) is 0 Å². The zero-order chi connectivity index (χ0) is 15.0. The summed E-state index contributed by atoms with van der Waals surface area (Å²) in [6.45, 7) is 0.633. The minimum Gasteiger partial charge on any atom is -0.307 e. The van der Waals surface area contributed by atoms with Gasteiger partial charge in [-0.3, -0.25) is 4.79 Å². The molecule has 1 aromatic heterocycles. The first-order valence-electron chi connectivity index (χ1n) is 6.49. The molecule has 1 amide bonds. The van der Waals surface area contributed by atoms with Gasteiger partial charge in [-0.05, 0) is 24.5 Å². The highest BCUT2D eigenvalue weighted by atomic mass is 35.5. The first-order valence-corrected chi connectivity index (χ1v) is 7.62. The lowest BCUT2D eigenvalue weighted by molar-refractivity contribution is 0.0980. The molecule has 1 aliphatic heterocycles. The Morgan fingerprint density at radius 1 is 1.14 bits per heavy atom. The molecule has 0 fully saturated rings. The van der Waals surface area contributed by atoms with Gasteiger partial charge >= 0.3 is 0 Å². The molecule has 0 radical (unpaired) electrons. The molecule has 0 saturated carbocycles. The van der Waals surface area contributed by atoms with Gasteiger partial charge in [0.1, 0.15) is 5.69 Å². The number of aryl methyl sites for hydroxylation is 1. The van der Waals surface area contributed by atoms with Gasteiger partial charge in [0.15, 0.2) is 0 Å². The van der Waals surface area contributed by atoms with Crippen molar-refractivity contribution in [2.24, 2.45) is 0 Å². The molecule has 0 bridgehead atoms. The highest BCUT2D eigenvalue weighted by Gasteiger charge is 2.27. The van der Waals surface area contributed by atoms with Crippen molar-refractivity contribution in [1.82, 2.24) is 4.98 Å². The first kappa shape index (κ1) is 14.6. The number of hydrogen-bond acceptors (Lipinski definition) is 2. The van der Waals surface area contributed by atoms with Gasteiger partial charge in [-0.2, -0.15) is 0 Å². The Hall–Kier alpha value is -1.29. The number of benzene rings is 1. The average molecular weight is 342 g/mol. The molecule has 1 aromatic carbocycles. The van der Waals surface area contributed by atoms with E-state index < -0.39 is 0 Å². The van der Waals surface area contributed by atoms with Crippen LogP contribution < -0.4 is 4.90 Å². The van der Waals surface area contributed by atoms with Crippen molar-refractivity contribution in [3.05, 3.63) is 56.8 Å². The van der Waals surface area contributed by atoms with Crippen LogP contribution in [-0.4, -0.2) is 17.4 Å². The van der Waals surface area contributed by atoms with E-state index in [0.29, 0.717) is 6.54 Å². The minimum absolute atomic E-state index is 0.0946. The summed E-state index contributed by atoms with van der Waals surface area (Å²) in [6.07, 6.45) is 3.21. The van der Waals surface area contributed by atoms with E-state index in [0.717, 1.165) is 24.1 Å². The predicted molar refractivity (Wildman–Crippen MR) is 85.7 cm³/mol. The Kier molecular flexibility index (Phi) is 4.07. The third kappa shape index (κ3) is 2.61. The standard InChI is InChI=1S/C15H11Cl3N2O/c16-10-8-19-14(13(18)12(10)17)15(21)20-7-3-5-9-4-1-2-6-11(9)20/h1-2,4,6,8H,3,5,7H2. The molecule has 3 nitrogen and oxygen atoms in total. The molecule has 2 heterocycles. The summed E-state index contributed by atoms with van der Waals surface area (Å²) in [5.74, 6) is -0.259. The number of halogens is 3. The van der Waals surface area contributed by atoms with Gasteiger partial charge in [0.2, 0.25) is 0 Å². The summed E-state index contributed by atoms with van der Waals surface area (Å²) in [7, 11) is 0. The number of para-hydroxylation sites is 1. The second kappa shape index (κ2) is 5.84. The fourth-order valence-electron chi connectivity index (χ4n) is 2.46. The molecule has 0 atom stereocenters. The van der Waals surface area contributed by atoms with Crippen molar-refractivity contribution in [3.63, 3.8) is 0 Å². The number of rotatable bonds is 1. The third-order valence-corrected chi connectivity index (χ3v) is 4.72. The van der Waals surface area contributed by atoms with Crippen molar-refractivity contribution in [3.8, 4) is 0 Å².